The van der Waals surface area contributed by atoms with Crippen molar-refractivity contribution in [1.29, 1.82) is 0 Å². The third-order valence-electron chi connectivity index (χ3n) is 3.48. The molecule has 96 valence electrons. The number of nitrogens with one attached hydrogen (secondary N) is 1. The first-order valence-corrected chi connectivity index (χ1v) is 6.16. The minimum Gasteiger partial charge on any atom is -0.481 e. The van der Waals surface area contributed by atoms with E-state index >= 15 is 0 Å². The fraction of sp³-hybridized carbons (Fsp3) is 0.429. The minimum atomic E-state index is -0.688. The Kier molecular flexibility index (Phi) is 3.65. The average molecular weight is 247 g/mol. The maximum Gasteiger partial charge on any atom is 0.306 e. The van der Waals surface area contributed by atoms with Crippen molar-refractivity contribution >= 4 is 17.6 Å². The van der Waals surface area contributed by atoms with Gasteiger partial charge >= 0.3 is 5.97 Å². The van der Waals surface area contributed by atoms with Gasteiger partial charge in [0, 0.05) is 12.6 Å². The van der Waals surface area contributed by atoms with Gasteiger partial charge < -0.3 is 10.4 Å². The fourth-order valence-corrected chi connectivity index (χ4v) is 2.55. The summed E-state index contributed by atoms with van der Waals surface area (Å²) in [6.45, 7) is 1.47. The number of carbonyl (C=O) groups is 2. The van der Waals surface area contributed by atoms with Crippen LogP contribution in [0.3, 0.4) is 0 Å². The lowest BCUT2D eigenvalue weighted by molar-refractivity contribution is -0.141. The Bertz CT molecular complexity index is 453. The molecule has 0 spiro atoms. The van der Waals surface area contributed by atoms with E-state index in [4.69, 9.17) is 5.11 Å². The summed E-state index contributed by atoms with van der Waals surface area (Å²) in [5.74, 6) is -0.649. The van der Waals surface area contributed by atoms with E-state index in [2.05, 4.69) is 5.32 Å². The highest BCUT2D eigenvalue weighted by atomic mass is 16.4. The number of carboxylic acid groups (broad SMARTS) is 1. The topological polar surface area (TPSA) is 66.4 Å². The van der Waals surface area contributed by atoms with Crippen molar-refractivity contribution in [2.75, 3.05) is 5.32 Å². The van der Waals surface area contributed by atoms with Crippen molar-refractivity contribution in [3.05, 3.63) is 29.8 Å². The predicted octanol–water partition coefficient (Wildman–Crippen LogP) is 2.61. The molecule has 1 fully saturated rings. The van der Waals surface area contributed by atoms with Crippen LogP contribution in [-0.2, 0) is 9.59 Å². The van der Waals surface area contributed by atoms with Crippen LogP contribution in [0.5, 0.6) is 0 Å². The molecule has 1 amide bonds. The maximum absolute atomic E-state index is 10.9. The molecule has 1 aromatic rings. The molecule has 0 aliphatic heterocycles. The van der Waals surface area contributed by atoms with E-state index in [9.17, 15) is 9.59 Å². The lowest BCUT2D eigenvalue weighted by atomic mass is 9.96. The third kappa shape index (κ3) is 2.88. The lowest BCUT2D eigenvalue weighted by Crippen LogP contribution is -2.09. The molecule has 1 aromatic carbocycles. The maximum atomic E-state index is 10.9. The first kappa shape index (κ1) is 12.6. The van der Waals surface area contributed by atoms with E-state index in [0.29, 0.717) is 5.92 Å². The Balaban J connectivity index is 2.02. The van der Waals surface area contributed by atoms with E-state index in [1.807, 2.05) is 24.3 Å². The number of anilines is 1. The quantitative estimate of drug-likeness (QED) is 0.862. The number of hydrogen-bond acceptors (Lipinski definition) is 2. The molecule has 0 unspecified atom stereocenters. The Morgan fingerprint density at radius 3 is 2.39 bits per heavy atom. The Hall–Kier alpha value is -1.84. The smallest absolute Gasteiger partial charge is 0.306 e. The first-order chi connectivity index (χ1) is 8.56. The second-order valence-corrected chi connectivity index (χ2v) is 4.85. The summed E-state index contributed by atoms with van der Waals surface area (Å²) >= 11 is 0. The van der Waals surface area contributed by atoms with Crippen LogP contribution in [0.4, 0.5) is 5.69 Å². The van der Waals surface area contributed by atoms with Crippen molar-refractivity contribution in [2.45, 2.75) is 32.1 Å². The number of rotatable bonds is 3. The van der Waals surface area contributed by atoms with Gasteiger partial charge in [0.15, 0.2) is 0 Å². The Morgan fingerprint density at radius 1 is 1.22 bits per heavy atom. The van der Waals surface area contributed by atoms with E-state index in [-0.39, 0.29) is 11.8 Å². The first-order valence-electron chi connectivity index (χ1n) is 6.16. The fourth-order valence-electron chi connectivity index (χ4n) is 2.55. The van der Waals surface area contributed by atoms with Crippen LogP contribution in [0.2, 0.25) is 0 Å². The summed E-state index contributed by atoms with van der Waals surface area (Å²) in [7, 11) is 0. The van der Waals surface area contributed by atoms with Gasteiger partial charge in [0.2, 0.25) is 5.91 Å². The summed E-state index contributed by atoms with van der Waals surface area (Å²) in [6, 6.07) is 7.68. The van der Waals surface area contributed by atoms with Gasteiger partial charge in [-0.2, -0.15) is 0 Å². The molecule has 0 radical (unpaired) electrons. The SMILES string of the molecule is CC(=O)Nc1ccc([C@@H]2CC[C@@H](C(=O)O)C2)cc1. The Morgan fingerprint density at radius 2 is 1.89 bits per heavy atom. The molecule has 2 rings (SSSR count). The van der Waals surface area contributed by atoms with Gasteiger partial charge in [0.1, 0.15) is 0 Å². The zero-order valence-electron chi connectivity index (χ0n) is 10.3. The molecule has 2 atom stereocenters. The van der Waals surface area contributed by atoms with Gasteiger partial charge in [-0.25, -0.2) is 0 Å². The van der Waals surface area contributed by atoms with E-state index < -0.39 is 5.97 Å². The van der Waals surface area contributed by atoms with Crippen LogP contribution in [0.15, 0.2) is 24.3 Å². The molecule has 0 aromatic heterocycles. The van der Waals surface area contributed by atoms with Crippen LogP contribution in [0.1, 0.15) is 37.7 Å². The summed E-state index contributed by atoms with van der Waals surface area (Å²) in [5, 5.41) is 11.7. The van der Waals surface area contributed by atoms with Crippen molar-refractivity contribution in [1.82, 2.24) is 0 Å². The minimum absolute atomic E-state index is 0.0884. The standard InChI is InChI=1S/C14H17NO3/c1-9(16)15-13-6-4-10(5-7-13)11-2-3-12(8-11)14(17)18/h4-7,11-12H,2-3,8H2,1H3,(H,15,16)(H,17,18)/t11-,12-/m1/s1. The second-order valence-electron chi connectivity index (χ2n) is 4.85. The van der Waals surface area contributed by atoms with Gasteiger partial charge in [-0.05, 0) is 42.9 Å². The molecular formula is C14H17NO3. The Labute approximate surface area is 106 Å². The number of hydrogen-bond donors (Lipinski definition) is 2. The zero-order chi connectivity index (χ0) is 13.1. The molecule has 4 nitrogen and oxygen atoms in total. The summed E-state index contributed by atoms with van der Waals surface area (Å²) in [4.78, 5) is 21.8. The highest BCUT2D eigenvalue weighted by molar-refractivity contribution is 5.88. The molecule has 0 bridgehead atoms. The molecule has 4 heteroatoms. The van der Waals surface area contributed by atoms with Crippen LogP contribution in [0.25, 0.3) is 0 Å². The zero-order valence-corrected chi connectivity index (χ0v) is 10.3. The average Bonchev–Trinajstić information content (AvgIpc) is 2.78. The van der Waals surface area contributed by atoms with E-state index in [0.717, 1.165) is 30.5 Å². The molecule has 2 N–H and O–H groups in total. The van der Waals surface area contributed by atoms with E-state index in [1.165, 1.54) is 6.92 Å². The van der Waals surface area contributed by atoms with E-state index in [1.54, 1.807) is 0 Å². The molecule has 0 saturated heterocycles. The van der Waals surface area contributed by atoms with Crippen LogP contribution >= 0.6 is 0 Å². The van der Waals surface area contributed by atoms with Crippen molar-refractivity contribution in [2.24, 2.45) is 5.92 Å². The molecular weight excluding hydrogens is 230 g/mol. The number of amides is 1. The van der Waals surface area contributed by atoms with Gasteiger partial charge in [-0.15, -0.1) is 0 Å². The normalized spacial score (nSPS) is 22.7. The highest BCUT2D eigenvalue weighted by Gasteiger charge is 2.30. The molecule has 1 aliphatic carbocycles. The summed E-state index contributed by atoms with van der Waals surface area (Å²) < 4.78 is 0. The molecule has 0 heterocycles. The van der Waals surface area contributed by atoms with Gasteiger partial charge in [0.25, 0.3) is 0 Å². The summed E-state index contributed by atoms with van der Waals surface area (Å²) in [6.07, 6.45) is 2.40. The lowest BCUT2D eigenvalue weighted by Gasteiger charge is -2.11. The number of benzene rings is 1. The highest BCUT2D eigenvalue weighted by Crippen LogP contribution is 2.38. The monoisotopic (exact) mass is 247 g/mol. The van der Waals surface area contributed by atoms with Crippen LogP contribution in [0, 0.1) is 5.92 Å². The van der Waals surface area contributed by atoms with Gasteiger partial charge in [0.05, 0.1) is 5.92 Å². The van der Waals surface area contributed by atoms with Crippen molar-refractivity contribution < 1.29 is 14.7 Å². The van der Waals surface area contributed by atoms with Crippen LogP contribution < -0.4 is 5.32 Å². The third-order valence-corrected chi connectivity index (χ3v) is 3.48. The van der Waals surface area contributed by atoms with Crippen LogP contribution in [-0.4, -0.2) is 17.0 Å². The molecule has 18 heavy (non-hydrogen) atoms. The van der Waals surface area contributed by atoms with Gasteiger partial charge in [-0.3, -0.25) is 9.59 Å². The number of carbonyl (C=O) groups excluding carboxylic acids is 1. The summed E-state index contributed by atoms with van der Waals surface area (Å²) in [5.41, 5.74) is 1.94. The van der Waals surface area contributed by atoms with Crippen molar-refractivity contribution in [3.63, 3.8) is 0 Å². The van der Waals surface area contributed by atoms with Gasteiger partial charge in [-0.1, -0.05) is 12.1 Å². The number of aliphatic carboxylic acids is 1. The largest absolute Gasteiger partial charge is 0.481 e. The van der Waals surface area contributed by atoms with Crippen molar-refractivity contribution in [3.8, 4) is 0 Å². The second kappa shape index (κ2) is 5.21. The molecule has 1 saturated carbocycles. The molecule has 1 aliphatic rings. The number of carboxylic acids is 1. The predicted molar refractivity (Wildman–Crippen MR) is 68.5 cm³/mol.